The van der Waals surface area contributed by atoms with Gasteiger partial charge in [-0.25, -0.2) is 4.90 Å². The molecule has 4 heteroatoms. The van der Waals surface area contributed by atoms with Gasteiger partial charge in [0.05, 0.1) is 5.69 Å². The number of hydrogen-bond acceptors (Lipinski definition) is 2. The lowest BCUT2D eigenvalue weighted by Crippen LogP contribution is -2.31. The minimum absolute atomic E-state index is 0.151. The van der Waals surface area contributed by atoms with Crippen molar-refractivity contribution in [1.82, 2.24) is 0 Å². The third kappa shape index (κ3) is 1.89. The second kappa shape index (κ2) is 4.49. The Labute approximate surface area is 116 Å². The van der Waals surface area contributed by atoms with E-state index in [0.717, 1.165) is 31.2 Å². The minimum Gasteiger partial charge on any atom is -0.269 e. The van der Waals surface area contributed by atoms with E-state index in [0.29, 0.717) is 21.9 Å². The highest BCUT2D eigenvalue weighted by Gasteiger charge is 2.39. The molecular weight excluding hydrogens is 262 g/mol. The number of imide groups is 1. The summed E-state index contributed by atoms with van der Waals surface area (Å²) in [5.74, 6) is -0.303. The minimum atomic E-state index is -0.151. The van der Waals surface area contributed by atoms with Crippen LogP contribution in [0, 0.1) is 6.92 Å². The van der Waals surface area contributed by atoms with Crippen LogP contribution in [0.15, 0.2) is 29.3 Å². The monoisotopic (exact) mass is 275 g/mol. The maximum absolute atomic E-state index is 12.4. The van der Waals surface area contributed by atoms with Gasteiger partial charge in [-0.2, -0.15) is 0 Å². The van der Waals surface area contributed by atoms with Crippen LogP contribution in [0.1, 0.15) is 31.2 Å². The number of carbonyl (C=O) groups is 2. The van der Waals surface area contributed by atoms with Crippen LogP contribution in [0.5, 0.6) is 0 Å². The van der Waals surface area contributed by atoms with Crippen molar-refractivity contribution in [3.63, 3.8) is 0 Å². The van der Waals surface area contributed by atoms with Gasteiger partial charge in [-0.1, -0.05) is 11.6 Å². The molecule has 2 aliphatic rings. The maximum Gasteiger partial charge on any atom is 0.261 e. The molecule has 0 radical (unpaired) electrons. The highest BCUT2D eigenvalue weighted by Crippen LogP contribution is 2.36. The summed E-state index contributed by atoms with van der Waals surface area (Å²) in [6, 6.07) is 5.24. The topological polar surface area (TPSA) is 37.4 Å². The van der Waals surface area contributed by atoms with Crippen molar-refractivity contribution < 1.29 is 9.59 Å². The first-order valence-electron chi connectivity index (χ1n) is 6.46. The number of aryl methyl sites for hydroxylation is 1. The maximum atomic E-state index is 12.4. The first-order chi connectivity index (χ1) is 9.09. The summed E-state index contributed by atoms with van der Waals surface area (Å²) < 4.78 is 0. The average molecular weight is 276 g/mol. The Hall–Kier alpha value is -1.61. The third-order valence-electron chi connectivity index (χ3n) is 3.79. The van der Waals surface area contributed by atoms with E-state index in [1.807, 2.05) is 6.92 Å². The van der Waals surface area contributed by atoms with Gasteiger partial charge in [0.25, 0.3) is 11.8 Å². The number of anilines is 1. The summed E-state index contributed by atoms with van der Waals surface area (Å²) in [7, 11) is 0. The first kappa shape index (κ1) is 12.4. The lowest BCUT2D eigenvalue weighted by atomic mass is 9.93. The van der Waals surface area contributed by atoms with Crippen LogP contribution in [0.3, 0.4) is 0 Å². The van der Waals surface area contributed by atoms with Crippen molar-refractivity contribution in [2.45, 2.75) is 32.6 Å². The first-order valence-corrected chi connectivity index (χ1v) is 6.84. The van der Waals surface area contributed by atoms with Crippen LogP contribution in [-0.2, 0) is 9.59 Å². The van der Waals surface area contributed by atoms with Crippen LogP contribution in [-0.4, -0.2) is 11.8 Å². The summed E-state index contributed by atoms with van der Waals surface area (Å²) in [6.45, 7) is 1.87. The SMILES string of the molecule is Cc1cc(N2C(=O)C3=C(CCCC3)C2=O)ccc1Cl. The van der Waals surface area contributed by atoms with Gasteiger partial charge >= 0.3 is 0 Å². The van der Waals surface area contributed by atoms with Crippen LogP contribution in [0.25, 0.3) is 0 Å². The molecule has 0 unspecified atom stereocenters. The van der Waals surface area contributed by atoms with Crippen molar-refractivity contribution >= 4 is 29.1 Å². The number of benzene rings is 1. The Balaban J connectivity index is 2.01. The molecule has 19 heavy (non-hydrogen) atoms. The standard InChI is InChI=1S/C15H14ClNO2/c1-9-8-10(6-7-13(9)16)17-14(18)11-4-2-3-5-12(11)15(17)19/h6-8H,2-5H2,1H3. The van der Waals surface area contributed by atoms with Gasteiger partial charge in [-0.05, 0) is 56.4 Å². The van der Waals surface area contributed by atoms with Crippen molar-refractivity contribution in [1.29, 1.82) is 0 Å². The molecule has 2 amide bonds. The number of rotatable bonds is 1. The molecule has 0 spiro atoms. The van der Waals surface area contributed by atoms with Gasteiger partial charge in [0.2, 0.25) is 0 Å². The van der Waals surface area contributed by atoms with Gasteiger partial charge in [0.15, 0.2) is 0 Å². The number of halogens is 1. The summed E-state index contributed by atoms with van der Waals surface area (Å²) >= 11 is 5.98. The Bertz CT molecular complexity index is 591. The summed E-state index contributed by atoms with van der Waals surface area (Å²) in [5.41, 5.74) is 2.91. The van der Waals surface area contributed by atoms with E-state index < -0.39 is 0 Å². The van der Waals surface area contributed by atoms with E-state index in [-0.39, 0.29) is 11.8 Å². The van der Waals surface area contributed by atoms with E-state index in [1.165, 1.54) is 4.90 Å². The van der Waals surface area contributed by atoms with Gasteiger partial charge < -0.3 is 0 Å². The molecule has 1 aliphatic heterocycles. The molecule has 0 saturated heterocycles. The van der Waals surface area contributed by atoms with Gasteiger partial charge in [0, 0.05) is 16.2 Å². The average Bonchev–Trinajstić information content (AvgIpc) is 2.66. The van der Waals surface area contributed by atoms with E-state index in [1.54, 1.807) is 18.2 Å². The summed E-state index contributed by atoms with van der Waals surface area (Å²) in [6.07, 6.45) is 3.43. The fraction of sp³-hybridized carbons (Fsp3) is 0.333. The quantitative estimate of drug-likeness (QED) is 0.737. The van der Waals surface area contributed by atoms with Gasteiger partial charge in [-0.15, -0.1) is 0 Å². The zero-order valence-corrected chi connectivity index (χ0v) is 11.5. The number of hydrogen-bond donors (Lipinski definition) is 0. The molecule has 0 atom stereocenters. The van der Waals surface area contributed by atoms with Crippen molar-refractivity contribution in [2.75, 3.05) is 4.90 Å². The van der Waals surface area contributed by atoms with Crippen LogP contribution >= 0.6 is 11.6 Å². The second-order valence-electron chi connectivity index (χ2n) is 5.04. The highest BCUT2D eigenvalue weighted by atomic mass is 35.5. The molecule has 0 aromatic heterocycles. The van der Waals surface area contributed by atoms with Crippen molar-refractivity contribution in [3.8, 4) is 0 Å². The van der Waals surface area contributed by atoms with Crippen LogP contribution in [0.4, 0.5) is 5.69 Å². The Morgan fingerprint density at radius 2 is 1.63 bits per heavy atom. The Kier molecular flexibility index (Phi) is 2.94. The molecule has 1 aromatic carbocycles. The lowest BCUT2D eigenvalue weighted by Gasteiger charge is -2.16. The second-order valence-corrected chi connectivity index (χ2v) is 5.45. The van der Waals surface area contributed by atoms with Crippen molar-refractivity contribution in [2.24, 2.45) is 0 Å². The molecular formula is C15H14ClNO2. The predicted molar refractivity (Wildman–Crippen MR) is 74.2 cm³/mol. The highest BCUT2D eigenvalue weighted by molar-refractivity contribution is 6.34. The Morgan fingerprint density at radius 3 is 2.16 bits per heavy atom. The normalized spacial score (nSPS) is 19.2. The zero-order chi connectivity index (χ0) is 13.6. The fourth-order valence-corrected chi connectivity index (χ4v) is 2.86. The molecule has 0 bridgehead atoms. The van der Waals surface area contributed by atoms with Crippen LogP contribution < -0.4 is 4.90 Å². The molecule has 0 saturated carbocycles. The molecule has 3 rings (SSSR count). The largest absolute Gasteiger partial charge is 0.269 e. The molecule has 1 heterocycles. The number of nitrogens with zero attached hydrogens (tertiary/aromatic N) is 1. The van der Waals surface area contributed by atoms with Gasteiger partial charge in [0.1, 0.15) is 0 Å². The molecule has 1 aromatic rings. The molecule has 98 valence electrons. The number of amides is 2. The Morgan fingerprint density at radius 1 is 1.05 bits per heavy atom. The molecule has 0 N–H and O–H groups in total. The molecule has 1 aliphatic carbocycles. The van der Waals surface area contributed by atoms with Gasteiger partial charge in [-0.3, -0.25) is 9.59 Å². The predicted octanol–water partition coefficient (Wildman–Crippen LogP) is 3.39. The number of carbonyl (C=O) groups excluding carboxylic acids is 2. The zero-order valence-electron chi connectivity index (χ0n) is 10.7. The van der Waals surface area contributed by atoms with E-state index in [4.69, 9.17) is 11.6 Å². The van der Waals surface area contributed by atoms with E-state index in [2.05, 4.69) is 0 Å². The van der Waals surface area contributed by atoms with Crippen LogP contribution in [0.2, 0.25) is 5.02 Å². The molecule has 3 nitrogen and oxygen atoms in total. The summed E-state index contributed by atoms with van der Waals surface area (Å²) in [5, 5.41) is 0.639. The van der Waals surface area contributed by atoms with E-state index in [9.17, 15) is 9.59 Å². The molecule has 0 fully saturated rings. The fourth-order valence-electron chi connectivity index (χ4n) is 2.74. The lowest BCUT2D eigenvalue weighted by molar-refractivity contribution is -0.120. The van der Waals surface area contributed by atoms with Crippen molar-refractivity contribution in [3.05, 3.63) is 39.9 Å². The van der Waals surface area contributed by atoms with E-state index >= 15 is 0 Å². The smallest absolute Gasteiger partial charge is 0.261 e. The summed E-state index contributed by atoms with van der Waals surface area (Å²) in [4.78, 5) is 26.0. The third-order valence-corrected chi connectivity index (χ3v) is 4.21.